The number of benzene rings is 1. The summed E-state index contributed by atoms with van der Waals surface area (Å²) in [5.41, 5.74) is 0.325. The van der Waals surface area contributed by atoms with Gasteiger partial charge in [-0.2, -0.15) is 0 Å². The van der Waals surface area contributed by atoms with Crippen LogP contribution < -0.4 is 5.32 Å². The second-order valence-corrected chi connectivity index (χ2v) is 9.77. The van der Waals surface area contributed by atoms with Gasteiger partial charge in [-0.25, -0.2) is 0 Å². The van der Waals surface area contributed by atoms with E-state index < -0.39 is 43.6 Å². The summed E-state index contributed by atoms with van der Waals surface area (Å²) in [5.74, 6) is -1.87. The normalized spacial score (nSPS) is 11.8. The van der Waals surface area contributed by atoms with Crippen LogP contribution in [0.15, 0.2) is 0 Å². The van der Waals surface area contributed by atoms with E-state index in [1.54, 1.807) is 0 Å². The summed E-state index contributed by atoms with van der Waals surface area (Å²) in [6, 6.07) is 0. The van der Waals surface area contributed by atoms with Crippen LogP contribution in [-0.4, -0.2) is 112 Å². The fourth-order valence-electron chi connectivity index (χ4n) is 2.64. The number of aliphatic hydroxyl groups is 5. The van der Waals surface area contributed by atoms with E-state index in [0.717, 1.165) is 4.90 Å². The predicted molar refractivity (Wildman–Crippen MR) is 140 cm³/mol. The molecule has 3 amide bonds. The lowest BCUT2D eigenvalue weighted by atomic mass is 10.1. The molecule has 1 unspecified atom stereocenters. The molecule has 0 aliphatic rings. The minimum atomic E-state index is -1.24. The number of likely N-dealkylation sites (N-methyl/N-ethyl adjacent to an activating group) is 1. The molecule has 180 valence electrons. The van der Waals surface area contributed by atoms with Gasteiger partial charge in [0.25, 0.3) is 11.8 Å². The van der Waals surface area contributed by atoms with E-state index >= 15 is 0 Å². The predicted octanol–water partition coefficient (Wildman–Crippen LogP) is -0.717. The molecule has 1 aromatic rings. The first-order valence-electron chi connectivity index (χ1n) is 9.22. The maximum absolute atomic E-state index is 13.4. The van der Waals surface area contributed by atoms with E-state index in [-0.39, 0.29) is 46.6 Å². The van der Waals surface area contributed by atoms with Crippen molar-refractivity contribution in [3.8, 4) is 0 Å². The van der Waals surface area contributed by atoms with Crippen molar-refractivity contribution in [1.29, 1.82) is 0 Å². The first-order chi connectivity index (χ1) is 15.0. The van der Waals surface area contributed by atoms with Crippen LogP contribution >= 0.6 is 67.8 Å². The van der Waals surface area contributed by atoms with Gasteiger partial charge >= 0.3 is 0 Å². The van der Waals surface area contributed by atoms with E-state index in [9.17, 15) is 29.7 Å². The molecule has 0 aliphatic heterocycles. The number of hydrogen-bond donors (Lipinski definition) is 6. The van der Waals surface area contributed by atoms with Gasteiger partial charge in [0.05, 0.1) is 49.9 Å². The monoisotopic (exact) mass is 791 g/mol. The largest absolute Gasteiger partial charge is 0.395 e. The van der Waals surface area contributed by atoms with Crippen LogP contribution in [0.5, 0.6) is 0 Å². The molecule has 0 saturated carbocycles. The third kappa shape index (κ3) is 7.31. The molecule has 6 N–H and O–H groups in total. The molecule has 0 aromatic heterocycles. The van der Waals surface area contributed by atoms with Crippen LogP contribution in [0.2, 0.25) is 0 Å². The number of carbonyl (C=O) groups excluding carboxylic acids is 3. The van der Waals surface area contributed by atoms with Crippen molar-refractivity contribution >= 4 is 91.2 Å². The Labute approximate surface area is 225 Å². The zero-order valence-electron chi connectivity index (χ0n) is 17.0. The Kier molecular flexibility index (Phi) is 13.1. The third-order valence-electron chi connectivity index (χ3n) is 4.23. The first kappa shape index (κ1) is 29.7. The quantitative estimate of drug-likeness (QED) is 0.160. The molecule has 32 heavy (non-hydrogen) atoms. The average Bonchev–Trinajstić information content (AvgIpc) is 2.75. The van der Waals surface area contributed by atoms with Crippen molar-refractivity contribution < 1.29 is 39.9 Å². The zero-order chi connectivity index (χ0) is 24.6. The standard InChI is InChI=1S/C18H24I3N3O8/c1-23(2-4-25)17(31)11-13(19)12(15(21)16(14(11)20)22-10(30)8-28)18(32)24(3-5-26)6-9(29)7-27/h9,25-29H,2-8H2,1H3,(H,22,30). The molecule has 0 radical (unpaired) electrons. The van der Waals surface area contributed by atoms with Crippen LogP contribution in [0.25, 0.3) is 0 Å². The lowest BCUT2D eigenvalue weighted by Crippen LogP contribution is -2.41. The van der Waals surface area contributed by atoms with E-state index in [1.807, 2.05) is 67.8 Å². The Morgan fingerprint density at radius 3 is 1.91 bits per heavy atom. The Morgan fingerprint density at radius 1 is 0.906 bits per heavy atom. The highest BCUT2D eigenvalue weighted by molar-refractivity contribution is 14.1. The van der Waals surface area contributed by atoms with Gasteiger partial charge in [-0.1, -0.05) is 0 Å². The smallest absolute Gasteiger partial charge is 0.256 e. The molecule has 11 nitrogen and oxygen atoms in total. The fourth-order valence-corrected chi connectivity index (χ4v) is 7.00. The van der Waals surface area contributed by atoms with Crippen LogP contribution in [0.1, 0.15) is 20.7 Å². The molecule has 0 bridgehead atoms. The lowest BCUT2D eigenvalue weighted by Gasteiger charge is -2.27. The summed E-state index contributed by atoms with van der Waals surface area (Å²) in [7, 11) is 1.48. The molecule has 0 aliphatic carbocycles. The van der Waals surface area contributed by atoms with Gasteiger partial charge in [-0.3, -0.25) is 14.4 Å². The number of nitrogens with zero attached hydrogens (tertiary/aromatic N) is 2. The Morgan fingerprint density at radius 2 is 1.44 bits per heavy atom. The molecule has 14 heteroatoms. The molecule has 1 aromatic carbocycles. The summed E-state index contributed by atoms with van der Waals surface area (Å²) in [5, 5.41) is 49.2. The number of aliphatic hydroxyl groups excluding tert-OH is 5. The number of halogens is 3. The van der Waals surface area contributed by atoms with Gasteiger partial charge in [-0.05, 0) is 67.8 Å². The van der Waals surface area contributed by atoms with Gasteiger partial charge in [0, 0.05) is 30.3 Å². The van der Waals surface area contributed by atoms with Gasteiger partial charge in [0.15, 0.2) is 0 Å². The van der Waals surface area contributed by atoms with Crippen molar-refractivity contribution in [2.24, 2.45) is 0 Å². The highest BCUT2D eigenvalue weighted by Crippen LogP contribution is 2.37. The summed E-state index contributed by atoms with van der Waals surface area (Å²) >= 11 is 5.55. The number of rotatable bonds is 11. The third-order valence-corrected chi connectivity index (χ3v) is 7.47. The maximum Gasteiger partial charge on any atom is 0.256 e. The highest BCUT2D eigenvalue weighted by atomic mass is 127. The first-order valence-corrected chi connectivity index (χ1v) is 12.5. The number of amides is 3. The minimum absolute atomic E-state index is 0.0396. The minimum Gasteiger partial charge on any atom is -0.395 e. The molecule has 0 spiro atoms. The van der Waals surface area contributed by atoms with E-state index in [4.69, 9.17) is 10.2 Å². The second kappa shape index (κ2) is 14.1. The van der Waals surface area contributed by atoms with Gasteiger partial charge in [-0.15, -0.1) is 0 Å². The topological polar surface area (TPSA) is 171 Å². The lowest BCUT2D eigenvalue weighted by molar-refractivity contribution is -0.118. The number of carbonyl (C=O) groups is 3. The van der Waals surface area contributed by atoms with Crippen molar-refractivity contribution in [1.82, 2.24) is 9.80 Å². The molecule has 0 heterocycles. The summed E-state index contributed by atoms with van der Waals surface area (Å²) in [4.78, 5) is 40.8. The molecular formula is C18H24I3N3O8. The van der Waals surface area contributed by atoms with Gasteiger partial charge in [0.2, 0.25) is 5.91 Å². The molecule has 0 saturated heterocycles. The summed E-state index contributed by atoms with van der Waals surface area (Å²) in [6.45, 7) is -2.44. The van der Waals surface area contributed by atoms with Gasteiger partial charge < -0.3 is 40.6 Å². The van der Waals surface area contributed by atoms with Crippen LogP contribution in [0.3, 0.4) is 0 Å². The Balaban J connectivity index is 3.76. The SMILES string of the molecule is CN(CCO)C(=O)c1c(I)c(NC(=O)CO)c(I)c(C(=O)N(CCO)CC(O)CO)c1I. The van der Waals surface area contributed by atoms with Crippen LogP contribution in [0.4, 0.5) is 5.69 Å². The number of anilines is 1. The van der Waals surface area contributed by atoms with Gasteiger partial charge in [0.1, 0.15) is 6.61 Å². The van der Waals surface area contributed by atoms with Crippen molar-refractivity contribution in [2.45, 2.75) is 6.10 Å². The Hall–Kier alpha value is -0.380. The summed E-state index contributed by atoms with van der Waals surface area (Å²) in [6.07, 6.45) is -1.24. The average molecular weight is 791 g/mol. The molecular weight excluding hydrogens is 767 g/mol. The van der Waals surface area contributed by atoms with Crippen molar-refractivity contribution in [2.75, 3.05) is 58.4 Å². The van der Waals surface area contributed by atoms with E-state index in [0.29, 0.717) is 7.14 Å². The molecule has 1 atom stereocenters. The van der Waals surface area contributed by atoms with E-state index in [1.165, 1.54) is 11.9 Å². The maximum atomic E-state index is 13.4. The van der Waals surface area contributed by atoms with Crippen LogP contribution in [-0.2, 0) is 4.79 Å². The summed E-state index contributed by atoms with van der Waals surface area (Å²) < 4.78 is 0.916. The van der Waals surface area contributed by atoms with Crippen molar-refractivity contribution in [3.63, 3.8) is 0 Å². The second-order valence-electron chi connectivity index (χ2n) is 6.53. The Bertz CT molecular complexity index is 855. The van der Waals surface area contributed by atoms with Crippen molar-refractivity contribution in [3.05, 3.63) is 21.8 Å². The molecule has 0 fully saturated rings. The molecule has 1 rings (SSSR count). The van der Waals surface area contributed by atoms with E-state index in [2.05, 4.69) is 5.32 Å². The van der Waals surface area contributed by atoms with Crippen LogP contribution in [0, 0.1) is 10.7 Å². The zero-order valence-corrected chi connectivity index (χ0v) is 23.5. The number of nitrogens with one attached hydrogen (secondary N) is 1. The fraction of sp³-hybridized carbons (Fsp3) is 0.500. The highest BCUT2D eigenvalue weighted by Gasteiger charge is 2.32. The number of hydrogen-bond acceptors (Lipinski definition) is 8.